The normalized spacial score (nSPS) is 10.8. The largest absolute Gasteiger partial charge is 0.383 e. The molecule has 3 rings (SSSR count). The maximum atomic E-state index is 12.7. The van der Waals surface area contributed by atoms with Gasteiger partial charge in [-0.3, -0.25) is 14.2 Å². The van der Waals surface area contributed by atoms with Crippen LogP contribution in [0, 0.1) is 0 Å². The van der Waals surface area contributed by atoms with Gasteiger partial charge in [0.05, 0.1) is 24.3 Å². The van der Waals surface area contributed by atoms with Crippen LogP contribution in [0.1, 0.15) is 0 Å². The number of carbonyl (C=O) groups excluding carboxylic acids is 1. The van der Waals surface area contributed by atoms with Crippen LogP contribution in [0.5, 0.6) is 0 Å². The molecule has 1 aromatic carbocycles. The molecule has 0 aliphatic carbocycles. The van der Waals surface area contributed by atoms with Gasteiger partial charge in [-0.1, -0.05) is 30.0 Å². The first-order valence-corrected chi connectivity index (χ1v) is 9.00. The van der Waals surface area contributed by atoms with Crippen molar-refractivity contribution in [1.29, 1.82) is 0 Å². The third kappa shape index (κ3) is 4.27. The highest BCUT2D eigenvalue weighted by Crippen LogP contribution is 2.17. The highest BCUT2D eigenvalue weighted by molar-refractivity contribution is 7.99. The summed E-state index contributed by atoms with van der Waals surface area (Å²) in [5, 5.41) is 3.70. The second-order valence-electron chi connectivity index (χ2n) is 5.42. The Morgan fingerprint density at radius 3 is 2.81 bits per heavy atom. The Hall–Kier alpha value is -2.71. The van der Waals surface area contributed by atoms with Gasteiger partial charge in [-0.05, 0) is 24.3 Å². The number of aromatic nitrogens is 3. The number of para-hydroxylation sites is 1. The number of thioether (sulfide) groups is 1. The Morgan fingerprint density at radius 1 is 1.23 bits per heavy atom. The number of amides is 1. The van der Waals surface area contributed by atoms with E-state index in [-0.39, 0.29) is 17.2 Å². The molecule has 0 aliphatic heterocycles. The minimum Gasteiger partial charge on any atom is -0.383 e. The molecule has 2 aromatic heterocycles. The van der Waals surface area contributed by atoms with Crippen LogP contribution in [0.4, 0.5) is 5.69 Å². The summed E-state index contributed by atoms with van der Waals surface area (Å²) in [5.41, 5.74) is 0.909. The van der Waals surface area contributed by atoms with Crippen LogP contribution in [0.15, 0.2) is 58.6 Å². The molecule has 3 aromatic rings. The fourth-order valence-corrected chi connectivity index (χ4v) is 3.19. The van der Waals surface area contributed by atoms with E-state index in [1.807, 2.05) is 30.3 Å². The number of benzene rings is 1. The Kier molecular flexibility index (Phi) is 5.98. The number of nitrogens with zero attached hydrogens (tertiary/aromatic N) is 3. The number of pyridine rings is 1. The molecule has 0 aliphatic rings. The summed E-state index contributed by atoms with van der Waals surface area (Å²) < 4.78 is 6.60. The minimum atomic E-state index is -0.189. The number of rotatable bonds is 7. The van der Waals surface area contributed by atoms with E-state index in [9.17, 15) is 9.59 Å². The van der Waals surface area contributed by atoms with Crippen LogP contribution in [0.25, 0.3) is 11.0 Å². The average Bonchev–Trinajstić information content (AvgIpc) is 2.67. The zero-order valence-corrected chi connectivity index (χ0v) is 15.0. The average molecular weight is 370 g/mol. The fraction of sp³-hybridized carbons (Fsp3) is 0.222. The zero-order chi connectivity index (χ0) is 18.4. The predicted molar refractivity (Wildman–Crippen MR) is 101 cm³/mol. The van der Waals surface area contributed by atoms with E-state index in [2.05, 4.69) is 15.3 Å². The Labute approximate surface area is 154 Å². The van der Waals surface area contributed by atoms with E-state index in [1.54, 1.807) is 25.4 Å². The van der Waals surface area contributed by atoms with Gasteiger partial charge in [0.1, 0.15) is 0 Å². The molecular weight excluding hydrogens is 352 g/mol. The van der Waals surface area contributed by atoms with Crippen LogP contribution in [0.3, 0.4) is 0 Å². The van der Waals surface area contributed by atoms with Crippen LogP contribution in [-0.4, -0.2) is 39.9 Å². The summed E-state index contributed by atoms with van der Waals surface area (Å²) in [5.74, 6) is -0.0398. The van der Waals surface area contributed by atoms with Crippen molar-refractivity contribution in [2.75, 3.05) is 24.8 Å². The molecule has 2 heterocycles. The second-order valence-corrected chi connectivity index (χ2v) is 6.36. The molecule has 1 amide bonds. The first-order valence-electron chi connectivity index (χ1n) is 8.01. The molecule has 1 N–H and O–H groups in total. The van der Waals surface area contributed by atoms with E-state index < -0.39 is 0 Å². The van der Waals surface area contributed by atoms with Crippen molar-refractivity contribution < 1.29 is 9.53 Å². The molecule has 0 unspecified atom stereocenters. The minimum absolute atomic E-state index is 0.132. The lowest BCUT2D eigenvalue weighted by Crippen LogP contribution is -2.26. The number of hydrogen-bond acceptors (Lipinski definition) is 6. The Morgan fingerprint density at radius 2 is 2.04 bits per heavy atom. The number of carbonyl (C=O) groups is 1. The van der Waals surface area contributed by atoms with Crippen LogP contribution in [-0.2, 0) is 16.1 Å². The van der Waals surface area contributed by atoms with E-state index >= 15 is 0 Å². The van der Waals surface area contributed by atoms with Crippen LogP contribution in [0.2, 0.25) is 0 Å². The van der Waals surface area contributed by atoms with Crippen molar-refractivity contribution >= 4 is 34.4 Å². The monoisotopic (exact) mass is 370 g/mol. The molecule has 0 bridgehead atoms. The zero-order valence-electron chi connectivity index (χ0n) is 14.2. The number of hydrogen-bond donors (Lipinski definition) is 1. The van der Waals surface area contributed by atoms with Gasteiger partial charge >= 0.3 is 0 Å². The highest BCUT2D eigenvalue weighted by atomic mass is 32.2. The van der Waals surface area contributed by atoms with Gasteiger partial charge in [0.15, 0.2) is 10.8 Å². The lowest BCUT2D eigenvalue weighted by molar-refractivity contribution is -0.113. The fourth-order valence-electron chi connectivity index (χ4n) is 2.37. The first kappa shape index (κ1) is 18.1. The lowest BCUT2D eigenvalue weighted by Gasteiger charge is -2.12. The van der Waals surface area contributed by atoms with Gasteiger partial charge < -0.3 is 10.1 Å². The number of ether oxygens (including phenoxy) is 1. The van der Waals surface area contributed by atoms with Crippen molar-refractivity contribution in [2.24, 2.45) is 0 Å². The molecule has 0 fully saturated rings. The summed E-state index contributed by atoms with van der Waals surface area (Å²) in [6.45, 7) is 0.729. The number of anilines is 1. The first-order chi connectivity index (χ1) is 12.7. The van der Waals surface area contributed by atoms with Crippen molar-refractivity contribution in [3.05, 3.63) is 59.0 Å². The SMILES string of the molecule is COCCn1c(SCC(=O)Nc2ccccc2)nc2ncccc2c1=O. The smallest absolute Gasteiger partial charge is 0.263 e. The van der Waals surface area contributed by atoms with Crippen molar-refractivity contribution in [1.82, 2.24) is 14.5 Å². The van der Waals surface area contributed by atoms with Gasteiger partial charge in [0, 0.05) is 19.0 Å². The molecule has 8 heteroatoms. The Bertz CT molecular complexity index is 960. The third-order valence-electron chi connectivity index (χ3n) is 3.60. The standard InChI is InChI=1S/C18H18N4O3S/c1-25-11-10-22-17(24)14-8-5-9-19-16(14)21-18(22)26-12-15(23)20-13-6-3-2-4-7-13/h2-9H,10-12H2,1H3,(H,20,23). The Balaban J connectivity index is 1.81. The third-order valence-corrected chi connectivity index (χ3v) is 4.58. The van der Waals surface area contributed by atoms with Gasteiger partial charge in [0.2, 0.25) is 5.91 Å². The molecule has 0 saturated heterocycles. The second kappa shape index (κ2) is 8.59. The van der Waals surface area contributed by atoms with E-state index in [0.717, 1.165) is 5.69 Å². The van der Waals surface area contributed by atoms with E-state index in [4.69, 9.17) is 4.74 Å². The molecule has 0 atom stereocenters. The van der Waals surface area contributed by atoms with Gasteiger partial charge in [-0.25, -0.2) is 9.97 Å². The van der Waals surface area contributed by atoms with Gasteiger partial charge in [-0.15, -0.1) is 0 Å². The number of fused-ring (bicyclic) bond motifs is 1. The summed E-state index contributed by atoms with van der Waals surface area (Å²) >= 11 is 1.20. The summed E-state index contributed by atoms with van der Waals surface area (Å²) in [7, 11) is 1.57. The van der Waals surface area contributed by atoms with Crippen LogP contribution >= 0.6 is 11.8 Å². The predicted octanol–water partition coefficient (Wildman–Crippen LogP) is 2.17. The summed E-state index contributed by atoms with van der Waals surface area (Å²) in [6.07, 6.45) is 1.59. The molecular formula is C18H18N4O3S. The van der Waals surface area contributed by atoms with Gasteiger partial charge in [-0.2, -0.15) is 0 Å². The topological polar surface area (TPSA) is 86.1 Å². The maximum Gasteiger partial charge on any atom is 0.263 e. The molecule has 26 heavy (non-hydrogen) atoms. The van der Waals surface area contributed by atoms with E-state index in [1.165, 1.54) is 16.3 Å². The van der Waals surface area contributed by atoms with Crippen molar-refractivity contribution in [3.63, 3.8) is 0 Å². The summed E-state index contributed by atoms with van der Waals surface area (Å²) in [6, 6.07) is 12.6. The number of nitrogens with one attached hydrogen (secondary N) is 1. The highest BCUT2D eigenvalue weighted by Gasteiger charge is 2.13. The molecule has 0 radical (unpaired) electrons. The molecule has 0 saturated carbocycles. The molecule has 134 valence electrons. The lowest BCUT2D eigenvalue weighted by atomic mass is 10.3. The van der Waals surface area contributed by atoms with Crippen molar-refractivity contribution in [3.8, 4) is 0 Å². The molecule has 7 nitrogen and oxygen atoms in total. The maximum absolute atomic E-state index is 12.7. The van der Waals surface area contributed by atoms with Crippen molar-refractivity contribution in [2.45, 2.75) is 11.7 Å². The summed E-state index contributed by atoms with van der Waals surface area (Å²) in [4.78, 5) is 33.5. The number of methoxy groups -OCH3 is 1. The van der Waals surface area contributed by atoms with Gasteiger partial charge in [0.25, 0.3) is 5.56 Å². The van der Waals surface area contributed by atoms with Crippen LogP contribution < -0.4 is 10.9 Å². The van der Waals surface area contributed by atoms with E-state index in [0.29, 0.717) is 29.3 Å². The quantitative estimate of drug-likeness (QED) is 0.507. The molecule has 0 spiro atoms.